The van der Waals surface area contributed by atoms with Gasteiger partial charge in [-0.15, -0.1) is 0 Å². The molecule has 1 amide bonds. The average molecular weight is 248 g/mol. The standard InChI is InChI=1S/C11H12N4O3/c1-7-13-11(18-15-7)14-10(16)6-17-9-5-3-2-4-8(9)12/h2-5H,6,12H2,1H3,(H,13,14,15,16). The number of carbonyl (C=O) groups excluding carboxylic acids is 1. The largest absolute Gasteiger partial charge is 0.482 e. The second-order valence-electron chi connectivity index (χ2n) is 3.52. The van der Waals surface area contributed by atoms with Crippen LogP contribution in [0, 0.1) is 6.92 Å². The molecule has 0 aliphatic heterocycles. The van der Waals surface area contributed by atoms with Crippen molar-refractivity contribution in [2.24, 2.45) is 0 Å². The molecule has 7 heteroatoms. The van der Waals surface area contributed by atoms with E-state index in [1.165, 1.54) is 0 Å². The van der Waals surface area contributed by atoms with E-state index in [9.17, 15) is 4.79 Å². The highest BCUT2D eigenvalue weighted by Crippen LogP contribution is 2.19. The van der Waals surface area contributed by atoms with Gasteiger partial charge >= 0.3 is 6.01 Å². The molecule has 1 aromatic heterocycles. The molecule has 0 saturated carbocycles. The van der Waals surface area contributed by atoms with Crippen LogP contribution in [0.5, 0.6) is 5.75 Å². The zero-order chi connectivity index (χ0) is 13.0. The molecule has 3 N–H and O–H groups in total. The number of hydrogen-bond acceptors (Lipinski definition) is 6. The van der Waals surface area contributed by atoms with E-state index in [1.54, 1.807) is 31.2 Å². The topological polar surface area (TPSA) is 103 Å². The van der Waals surface area contributed by atoms with Crippen molar-refractivity contribution in [3.05, 3.63) is 30.1 Å². The number of nitrogens with two attached hydrogens (primary N) is 1. The number of aryl methyl sites for hydroxylation is 1. The van der Waals surface area contributed by atoms with Crippen LogP contribution in [0.2, 0.25) is 0 Å². The third-order valence-corrected chi connectivity index (χ3v) is 2.05. The number of nitrogen functional groups attached to an aromatic ring is 1. The normalized spacial score (nSPS) is 10.1. The number of nitrogens with one attached hydrogen (secondary N) is 1. The molecule has 0 spiro atoms. The van der Waals surface area contributed by atoms with Crippen LogP contribution < -0.4 is 15.8 Å². The molecule has 0 atom stereocenters. The Morgan fingerprint density at radius 3 is 2.94 bits per heavy atom. The minimum Gasteiger partial charge on any atom is -0.482 e. The van der Waals surface area contributed by atoms with Gasteiger partial charge in [-0.05, 0) is 19.1 Å². The van der Waals surface area contributed by atoms with E-state index in [4.69, 9.17) is 15.0 Å². The zero-order valence-electron chi connectivity index (χ0n) is 9.71. The number of ether oxygens (including phenoxy) is 1. The molecule has 1 aromatic carbocycles. The van der Waals surface area contributed by atoms with Gasteiger partial charge in [-0.25, -0.2) is 0 Å². The second kappa shape index (κ2) is 5.17. The van der Waals surface area contributed by atoms with E-state index in [1.807, 2.05) is 0 Å². The molecule has 0 fully saturated rings. The van der Waals surface area contributed by atoms with Crippen LogP contribution >= 0.6 is 0 Å². The number of rotatable bonds is 4. The Bertz CT molecular complexity index is 553. The molecular formula is C11H12N4O3. The van der Waals surface area contributed by atoms with Gasteiger partial charge in [0.05, 0.1) is 5.69 Å². The van der Waals surface area contributed by atoms with Crippen molar-refractivity contribution in [3.8, 4) is 5.75 Å². The van der Waals surface area contributed by atoms with Crippen molar-refractivity contribution >= 4 is 17.6 Å². The number of benzene rings is 1. The van der Waals surface area contributed by atoms with Crippen molar-refractivity contribution in [1.82, 2.24) is 10.1 Å². The van der Waals surface area contributed by atoms with Gasteiger partial charge in [-0.2, -0.15) is 4.98 Å². The first-order chi connectivity index (χ1) is 8.65. The fourth-order valence-corrected chi connectivity index (χ4v) is 1.26. The fourth-order valence-electron chi connectivity index (χ4n) is 1.26. The van der Waals surface area contributed by atoms with Gasteiger partial charge in [0.1, 0.15) is 5.75 Å². The third-order valence-electron chi connectivity index (χ3n) is 2.05. The van der Waals surface area contributed by atoms with Crippen LogP contribution in [0.15, 0.2) is 28.8 Å². The molecule has 94 valence electrons. The van der Waals surface area contributed by atoms with E-state index in [0.717, 1.165) is 0 Å². The first-order valence-corrected chi connectivity index (χ1v) is 5.22. The average Bonchev–Trinajstić information content (AvgIpc) is 2.74. The monoisotopic (exact) mass is 248 g/mol. The number of amides is 1. The maximum absolute atomic E-state index is 11.5. The highest BCUT2D eigenvalue weighted by molar-refractivity contribution is 5.89. The van der Waals surface area contributed by atoms with E-state index < -0.39 is 5.91 Å². The van der Waals surface area contributed by atoms with Gasteiger partial charge in [0, 0.05) is 0 Å². The lowest BCUT2D eigenvalue weighted by Gasteiger charge is -2.07. The van der Waals surface area contributed by atoms with Gasteiger partial charge < -0.3 is 15.0 Å². The van der Waals surface area contributed by atoms with Crippen LogP contribution in [0.4, 0.5) is 11.7 Å². The molecule has 18 heavy (non-hydrogen) atoms. The Labute approximate surface area is 103 Å². The molecule has 0 aliphatic rings. The Balaban J connectivity index is 1.87. The lowest BCUT2D eigenvalue weighted by Crippen LogP contribution is -2.20. The van der Waals surface area contributed by atoms with Crippen LogP contribution in [0.3, 0.4) is 0 Å². The molecular weight excluding hydrogens is 236 g/mol. The number of hydrogen-bond donors (Lipinski definition) is 2. The molecule has 0 aliphatic carbocycles. The lowest BCUT2D eigenvalue weighted by atomic mass is 10.3. The molecule has 0 bridgehead atoms. The van der Waals surface area contributed by atoms with E-state index in [2.05, 4.69) is 15.5 Å². The molecule has 1 heterocycles. The molecule has 0 saturated heterocycles. The molecule has 2 rings (SSSR count). The van der Waals surface area contributed by atoms with Crippen LogP contribution in [-0.2, 0) is 4.79 Å². The van der Waals surface area contributed by atoms with Crippen molar-refractivity contribution < 1.29 is 14.1 Å². The summed E-state index contributed by atoms with van der Waals surface area (Å²) in [6.07, 6.45) is 0. The van der Waals surface area contributed by atoms with Crippen LogP contribution in [0.25, 0.3) is 0 Å². The first kappa shape index (κ1) is 11.9. The Morgan fingerprint density at radius 2 is 2.28 bits per heavy atom. The van der Waals surface area contributed by atoms with Crippen molar-refractivity contribution in [1.29, 1.82) is 0 Å². The summed E-state index contributed by atoms with van der Waals surface area (Å²) in [5.74, 6) is 0.495. The predicted octanol–water partition coefficient (Wildman–Crippen LogP) is 0.978. The van der Waals surface area contributed by atoms with E-state index >= 15 is 0 Å². The molecule has 0 radical (unpaired) electrons. The number of aromatic nitrogens is 2. The smallest absolute Gasteiger partial charge is 0.328 e. The van der Waals surface area contributed by atoms with E-state index in [0.29, 0.717) is 17.3 Å². The highest BCUT2D eigenvalue weighted by atomic mass is 16.5. The van der Waals surface area contributed by atoms with Gasteiger partial charge in [0.25, 0.3) is 5.91 Å². The molecule has 7 nitrogen and oxygen atoms in total. The number of para-hydroxylation sites is 2. The fraction of sp³-hybridized carbons (Fsp3) is 0.182. The number of nitrogens with zero attached hydrogens (tertiary/aromatic N) is 2. The maximum Gasteiger partial charge on any atom is 0.328 e. The van der Waals surface area contributed by atoms with Crippen LogP contribution in [0.1, 0.15) is 5.82 Å². The van der Waals surface area contributed by atoms with Gasteiger partial charge in [0.2, 0.25) is 0 Å². The Kier molecular flexibility index (Phi) is 3.42. The summed E-state index contributed by atoms with van der Waals surface area (Å²) < 4.78 is 9.99. The summed E-state index contributed by atoms with van der Waals surface area (Å²) in [6.45, 7) is 1.47. The molecule has 2 aromatic rings. The quantitative estimate of drug-likeness (QED) is 0.781. The molecule has 0 unspecified atom stereocenters. The zero-order valence-corrected chi connectivity index (χ0v) is 9.71. The first-order valence-electron chi connectivity index (χ1n) is 5.22. The SMILES string of the molecule is Cc1noc(NC(=O)COc2ccccc2N)n1. The number of carbonyl (C=O) groups is 1. The Morgan fingerprint density at radius 1 is 1.50 bits per heavy atom. The predicted molar refractivity (Wildman–Crippen MR) is 64.0 cm³/mol. The third kappa shape index (κ3) is 2.97. The summed E-state index contributed by atoms with van der Waals surface area (Å²) in [5, 5.41) is 5.95. The van der Waals surface area contributed by atoms with Crippen molar-refractivity contribution in [2.45, 2.75) is 6.92 Å². The van der Waals surface area contributed by atoms with Crippen molar-refractivity contribution in [3.63, 3.8) is 0 Å². The summed E-state index contributed by atoms with van der Waals surface area (Å²) >= 11 is 0. The Hall–Kier alpha value is -2.57. The van der Waals surface area contributed by atoms with Gasteiger partial charge in [-0.3, -0.25) is 10.1 Å². The maximum atomic E-state index is 11.5. The minimum atomic E-state index is -0.401. The highest BCUT2D eigenvalue weighted by Gasteiger charge is 2.09. The van der Waals surface area contributed by atoms with Gasteiger partial charge in [-0.1, -0.05) is 17.3 Å². The minimum absolute atomic E-state index is 0.0436. The number of anilines is 2. The summed E-state index contributed by atoms with van der Waals surface area (Å²) in [5.41, 5.74) is 6.14. The summed E-state index contributed by atoms with van der Waals surface area (Å²) in [4.78, 5) is 15.3. The summed E-state index contributed by atoms with van der Waals surface area (Å²) in [6, 6.07) is 6.96. The summed E-state index contributed by atoms with van der Waals surface area (Å²) in [7, 11) is 0. The second-order valence-corrected chi connectivity index (χ2v) is 3.52. The van der Waals surface area contributed by atoms with E-state index in [-0.39, 0.29) is 12.6 Å². The van der Waals surface area contributed by atoms with Gasteiger partial charge in [0.15, 0.2) is 12.4 Å². The lowest BCUT2D eigenvalue weighted by molar-refractivity contribution is -0.118. The van der Waals surface area contributed by atoms with Crippen molar-refractivity contribution in [2.75, 3.05) is 17.7 Å². The van der Waals surface area contributed by atoms with Crippen LogP contribution in [-0.4, -0.2) is 22.7 Å².